The molecule has 1 aromatic carbocycles. The Morgan fingerprint density at radius 3 is 2.81 bits per heavy atom. The first-order valence-electron chi connectivity index (χ1n) is 9.80. The van der Waals surface area contributed by atoms with Crippen LogP contribution in [-0.4, -0.2) is 27.2 Å². The maximum atomic E-state index is 12.2. The van der Waals surface area contributed by atoms with E-state index >= 15 is 0 Å². The molecule has 0 aliphatic carbocycles. The third-order valence-electron chi connectivity index (χ3n) is 4.87. The number of hydrogen-bond donors (Lipinski definition) is 2. The third-order valence-corrected chi connectivity index (χ3v) is 4.87. The molecule has 0 unspecified atom stereocenters. The molecule has 0 saturated carbocycles. The van der Waals surface area contributed by atoms with Crippen LogP contribution >= 0.6 is 12.4 Å². The lowest BCUT2D eigenvalue weighted by Gasteiger charge is -2.09. The Bertz CT molecular complexity index is 731. The van der Waals surface area contributed by atoms with E-state index in [0.29, 0.717) is 6.42 Å². The fourth-order valence-corrected chi connectivity index (χ4v) is 3.44. The lowest BCUT2D eigenvalue weighted by atomic mass is 10.1. The van der Waals surface area contributed by atoms with Gasteiger partial charge in [-0.05, 0) is 44.4 Å². The molecule has 27 heavy (non-hydrogen) atoms. The number of halogens is 1. The summed E-state index contributed by atoms with van der Waals surface area (Å²) < 4.78 is 2.23. The van der Waals surface area contributed by atoms with Gasteiger partial charge in [0.2, 0.25) is 5.91 Å². The van der Waals surface area contributed by atoms with Crippen LogP contribution in [0.1, 0.15) is 57.2 Å². The molecule has 3 rings (SSSR count). The highest BCUT2D eigenvalue weighted by molar-refractivity contribution is 5.91. The number of nitrogens with one attached hydrogen (secondary N) is 1. The molecule has 148 valence electrons. The summed E-state index contributed by atoms with van der Waals surface area (Å²) in [5, 5.41) is 11.8. The van der Waals surface area contributed by atoms with Gasteiger partial charge in [-0.1, -0.05) is 31.4 Å². The molecule has 7 heteroatoms. The molecule has 0 fully saturated rings. The van der Waals surface area contributed by atoms with Crippen LogP contribution in [0.4, 0.5) is 5.69 Å². The highest BCUT2D eigenvalue weighted by Crippen LogP contribution is 2.25. The van der Waals surface area contributed by atoms with Gasteiger partial charge in [0, 0.05) is 30.6 Å². The Morgan fingerprint density at radius 1 is 1.11 bits per heavy atom. The number of carbonyl (C=O) groups excluding carboxylic acids is 1. The standard InChI is InChI=1S/C20H29N5O.ClH/c21-13-6-2-1-5-12-19(26)22-17-10-8-9-16(15-17)20-24-23-18-11-4-3-7-14-25(18)20;/h8-10,15H,1-7,11-14,21H2,(H,22,26);1H. The summed E-state index contributed by atoms with van der Waals surface area (Å²) in [6.45, 7) is 1.70. The van der Waals surface area contributed by atoms with Gasteiger partial charge in [0.1, 0.15) is 5.82 Å². The first-order valence-corrected chi connectivity index (χ1v) is 9.80. The Balaban J connectivity index is 0.00000261. The second-order valence-corrected chi connectivity index (χ2v) is 6.98. The summed E-state index contributed by atoms with van der Waals surface area (Å²) in [5.74, 6) is 2.04. The summed E-state index contributed by atoms with van der Waals surface area (Å²) in [6.07, 6.45) is 9.22. The van der Waals surface area contributed by atoms with Crippen LogP contribution in [0.15, 0.2) is 24.3 Å². The summed E-state index contributed by atoms with van der Waals surface area (Å²) in [4.78, 5) is 12.2. The molecule has 0 atom stereocenters. The fourth-order valence-electron chi connectivity index (χ4n) is 3.44. The number of benzene rings is 1. The van der Waals surface area contributed by atoms with E-state index < -0.39 is 0 Å². The molecule has 1 aromatic heterocycles. The molecule has 2 heterocycles. The van der Waals surface area contributed by atoms with Crippen LogP contribution in [0.3, 0.4) is 0 Å². The van der Waals surface area contributed by atoms with E-state index in [-0.39, 0.29) is 18.3 Å². The van der Waals surface area contributed by atoms with Crippen molar-refractivity contribution in [2.75, 3.05) is 11.9 Å². The van der Waals surface area contributed by atoms with Crippen molar-refractivity contribution in [1.82, 2.24) is 14.8 Å². The van der Waals surface area contributed by atoms with Crippen molar-refractivity contribution in [1.29, 1.82) is 0 Å². The molecule has 3 N–H and O–H groups in total. The lowest BCUT2D eigenvalue weighted by molar-refractivity contribution is -0.116. The van der Waals surface area contributed by atoms with Crippen molar-refractivity contribution >= 4 is 24.0 Å². The minimum absolute atomic E-state index is 0. The van der Waals surface area contributed by atoms with Crippen LogP contribution in [0.5, 0.6) is 0 Å². The molecule has 1 aliphatic heterocycles. The van der Waals surface area contributed by atoms with Gasteiger partial charge in [0.15, 0.2) is 5.82 Å². The first kappa shape index (κ1) is 21.4. The number of hydrogen-bond acceptors (Lipinski definition) is 4. The van der Waals surface area contributed by atoms with Crippen LogP contribution in [-0.2, 0) is 17.8 Å². The molecule has 0 saturated heterocycles. The zero-order valence-corrected chi connectivity index (χ0v) is 16.6. The predicted molar refractivity (Wildman–Crippen MR) is 111 cm³/mol. The van der Waals surface area contributed by atoms with E-state index in [0.717, 1.165) is 68.1 Å². The van der Waals surface area contributed by atoms with Crippen molar-refractivity contribution in [2.45, 2.75) is 64.3 Å². The summed E-state index contributed by atoms with van der Waals surface area (Å²) >= 11 is 0. The van der Waals surface area contributed by atoms with Gasteiger partial charge in [-0.3, -0.25) is 4.79 Å². The molecule has 2 aromatic rings. The van der Waals surface area contributed by atoms with E-state index in [4.69, 9.17) is 5.73 Å². The lowest BCUT2D eigenvalue weighted by Crippen LogP contribution is -2.11. The number of amides is 1. The predicted octanol–water partition coefficient (Wildman–Crippen LogP) is 3.94. The van der Waals surface area contributed by atoms with Crippen LogP contribution in [0.25, 0.3) is 11.4 Å². The van der Waals surface area contributed by atoms with Gasteiger partial charge in [0.05, 0.1) is 0 Å². The maximum absolute atomic E-state index is 12.2. The second kappa shape index (κ2) is 11.0. The SMILES string of the molecule is Cl.NCCCCCCC(=O)Nc1cccc(-c2nnc3n2CCCCC3)c1. The minimum Gasteiger partial charge on any atom is -0.330 e. The molecule has 1 amide bonds. The topological polar surface area (TPSA) is 85.8 Å². The Kier molecular flexibility index (Phi) is 8.75. The average molecular weight is 392 g/mol. The summed E-state index contributed by atoms with van der Waals surface area (Å²) in [7, 11) is 0. The fraction of sp³-hybridized carbons (Fsp3) is 0.550. The first-order chi connectivity index (χ1) is 12.8. The van der Waals surface area contributed by atoms with Gasteiger partial charge in [-0.25, -0.2) is 0 Å². The molecular formula is C20H30ClN5O. The largest absolute Gasteiger partial charge is 0.330 e. The van der Waals surface area contributed by atoms with Crippen molar-refractivity contribution in [3.8, 4) is 11.4 Å². The zero-order chi connectivity index (χ0) is 18.2. The van der Waals surface area contributed by atoms with E-state index in [1.54, 1.807) is 0 Å². The normalized spacial score (nSPS) is 13.4. The average Bonchev–Trinajstić information content (AvgIpc) is 2.90. The number of fused-ring (bicyclic) bond motifs is 1. The molecule has 1 aliphatic rings. The third kappa shape index (κ3) is 6.04. The van der Waals surface area contributed by atoms with Gasteiger partial charge < -0.3 is 15.6 Å². The second-order valence-electron chi connectivity index (χ2n) is 6.98. The molecule has 0 radical (unpaired) electrons. The van der Waals surface area contributed by atoms with Gasteiger partial charge in [-0.2, -0.15) is 0 Å². The molecular weight excluding hydrogens is 362 g/mol. The Hall–Kier alpha value is -1.92. The molecule has 0 bridgehead atoms. The van der Waals surface area contributed by atoms with E-state index in [1.165, 1.54) is 19.3 Å². The van der Waals surface area contributed by atoms with Crippen molar-refractivity contribution in [3.63, 3.8) is 0 Å². The number of unbranched alkanes of at least 4 members (excludes halogenated alkanes) is 3. The number of nitrogens with zero attached hydrogens (tertiary/aromatic N) is 3. The summed E-state index contributed by atoms with van der Waals surface area (Å²) in [6, 6.07) is 7.92. The highest BCUT2D eigenvalue weighted by Gasteiger charge is 2.16. The number of aromatic nitrogens is 3. The van der Waals surface area contributed by atoms with E-state index in [2.05, 4.69) is 20.1 Å². The molecule has 0 spiro atoms. The van der Waals surface area contributed by atoms with Crippen LogP contribution in [0.2, 0.25) is 0 Å². The van der Waals surface area contributed by atoms with Gasteiger partial charge >= 0.3 is 0 Å². The van der Waals surface area contributed by atoms with Crippen molar-refractivity contribution in [3.05, 3.63) is 30.1 Å². The number of rotatable bonds is 8. The van der Waals surface area contributed by atoms with Gasteiger partial charge in [0.25, 0.3) is 0 Å². The minimum atomic E-state index is 0. The number of anilines is 1. The summed E-state index contributed by atoms with van der Waals surface area (Å²) in [5.41, 5.74) is 7.31. The monoisotopic (exact) mass is 391 g/mol. The maximum Gasteiger partial charge on any atom is 0.224 e. The van der Waals surface area contributed by atoms with Crippen molar-refractivity contribution < 1.29 is 4.79 Å². The van der Waals surface area contributed by atoms with Gasteiger partial charge in [-0.15, -0.1) is 22.6 Å². The Morgan fingerprint density at radius 2 is 1.96 bits per heavy atom. The van der Waals surface area contributed by atoms with Crippen molar-refractivity contribution in [2.24, 2.45) is 5.73 Å². The number of carbonyl (C=O) groups is 1. The van der Waals surface area contributed by atoms with E-state index in [1.807, 2.05) is 24.3 Å². The quantitative estimate of drug-likeness (QED) is 0.667. The van der Waals surface area contributed by atoms with E-state index in [9.17, 15) is 4.79 Å². The highest BCUT2D eigenvalue weighted by atomic mass is 35.5. The zero-order valence-electron chi connectivity index (χ0n) is 15.8. The number of aryl methyl sites for hydroxylation is 1. The van der Waals surface area contributed by atoms with Crippen LogP contribution in [0, 0.1) is 0 Å². The Labute approximate surface area is 167 Å². The number of nitrogens with two attached hydrogens (primary N) is 1. The smallest absolute Gasteiger partial charge is 0.224 e. The van der Waals surface area contributed by atoms with Crippen LogP contribution < -0.4 is 11.1 Å². The molecule has 6 nitrogen and oxygen atoms in total.